The summed E-state index contributed by atoms with van der Waals surface area (Å²) in [6.45, 7) is 5.19. The molecule has 2 fully saturated rings. The molecule has 2 saturated heterocycles. The standard InChI is InChI=1S/C32H37N5O5/c1-41-27-10-7-24(8-11-27)21-30(38)36-19-17-35(18-20-36)29-12-9-26(31(39)37-15-13-33-14-16-37)22-28(29)34-32(40)42-23-25-5-3-2-4-6-25/h2-12,22,33H,13-21,23H2,1H3,(H,34,40). The minimum atomic E-state index is -0.597. The quantitative estimate of drug-likeness (QED) is 0.427. The van der Waals surface area contributed by atoms with E-state index in [1.165, 1.54) is 0 Å². The average molecular weight is 572 g/mol. The molecule has 2 N–H and O–H groups in total. The van der Waals surface area contributed by atoms with Gasteiger partial charge >= 0.3 is 6.09 Å². The van der Waals surface area contributed by atoms with Gasteiger partial charge in [-0.15, -0.1) is 0 Å². The van der Waals surface area contributed by atoms with Crippen molar-refractivity contribution in [2.24, 2.45) is 0 Å². The molecule has 5 rings (SSSR count). The van der Waals surface area contributed by atoms with Crippen molar-refractivity contribution in [3.63, 3.8) is 0 Å². The fourth-order valence-electron chi connectivity index (χ4n) is 5.19. The summed E-state index contributed by atoms with van der Waals surface area (Å²) in [5.74, 6) is 0.756. The second-order valence-electron chi connectivity index (χ2n) is 10.4. The highest BCUT2D eigenvalue weighted by Crippen LogP contribution is 2.29. The van der Waals surface area contributed by atoms with Crippen molar-refractivity contribution in [1.82, 2.24) is 15.1 Å². The lowest BCUT2D eigenvalue weighted by Crippen LogP contribution is -2.49. The van der Waals surface area contributed by atoms with Crippen molar-refractivity contribution < 1.29 is 23.9 Å². The Morgan fingerprint density at radius 3 is 2.21 bits per heavy atom. The molecule has 10 nitrogen and oxygen atoms in total. The number of benzene rings is 3. The van der Waals surface area contributed by atoms with Gasteiger partial charge in [0.2, 0.25) is 5.91 Å². The van der Waals surface area contributed by atoms with E-state index < -0.39 is 6.09 Å². The van der Waals surface area contributed by atoms with Crippen LogP contribution >= 0.6 is 0 Å². The highest BCUT2D eigenvalue weighted by Gasteiger charge is 2.25. The second-order valence-corrected chi connectivity index (χ2v) is 10.4. The highest BCUT2D eigenvalue weighted by atomic mass is 16.5. The molecule has 0 radical (unpaired) electrons. The van der Waals surface area contributed by atoms with Crippen molar-refractivity contribution in [1.29, 1.82) is 0 Å². The Morgan fingerprint density at radius 2 is 1.52 bits per heavy atom. The Balaban J connectivity index is 1.26. The molecule has 2 heterocycles. The lowest BCUT2D eigenvalue weighted by Gasteiger charge is -2.37. The van der Waals surface area contributed by atoms with Gasteiger partial charge in [0.1, 0.15) is 12.4 Å². The van der Waals surface area contributed by atoms with Crippen molar-refractivity contribution in [2.75, 3.05) is 69.7 Å². The maximum Gasteiger partial charge on any atom is 0.412 e. The third-order valence-corrected chi connectivity index (χ3v) is 7.58. The summed E-state index contributed by atoms with van der Waals surface area (Å²) in [5.41, 5.74) is 3.62. The van der Waals surface area contributed by atoms with Gasteiger partial charge in [0, 0.05) is 57.9 Å². The largest absolute Gasteiger partial charge is 0.497 e. The molecule has 0 atom stereocenters. The SMILES string of the molecule is COc1ccc(CC(=O)N2CCN(c3ccc(C(=O)N4CCNCC4)cc3NC(=O)OCc3ccccc3)CC2)cc1. The number of carbonyl (C=O) groups excluding carboxylic acids is 3. The van der Waals surface area contributed by atoms with Crippen LogP contribution in [0.15, 0.2) is 72.8 Å². The number of nitrogens with one attached hydrogen (secondary N) is 2. The van der Waals surface area contributed by atoms with Crippen LogP contribution in [0.2, 0.25) is 0 Å². The molecule has 0 bridgehead atoms. The summed E-state index contributed by atoms with van der Waals surface area (Å²) in [6, 6.07) is 22.4. The number of ether oxygens (including phenoxy) is 2. The van der Waals surface area contributed by atoms with E-state index in [4.69, 9.17) is 9.47 Å². The number of piperazine rings is 2. The van der Waals surface area contributed by atoms with Gasteiger partial charge in [-0.25, -0.2) is 4.79 Å². The molecule has 3 amide bonds. The van der Waals surface area contributed by atoms with E-state index in [2.05, 4.69) is 15.5 Å². The molecule has 10 heteroatoms. The summed E-state index contributed by atoms with van der Waals surface area (Å²) >= 11 is 0. The molecule has 0 spiro atoms. The Labute approximate surface area is 246 Å². The Kier molecular flexibility index (Phi) is 9.55. The number of nitrogens with zero attached hydrogens (tertiary/aromatic N) is 3. The molecule has 220 valence electrons. The van der Waals surface area contributed by atoms with Crippen LogP contribution in [0.5, 0.6) is 5.75 Å². The third kappa shape index (κ3) is 7.38. The smallest absolute Gasteiger partial charge is 0.412 e. The number of anilines is 2. The number of carbonyl (C=O) groups is 3. The maximum absolute atomic E-state index is 13.2. The molecular formula is C32H37N5O5. The molecule has 3 aromatic rings. The molecular weight excluding hydrogens is 534 g/mol. The van der Waals surface area contributed by atoms with Crippen LogP contribution in [0.1, 0.15) is 21.5 Å². The maximum atomic E-state index is 13.2. The van der Waals surface area contributed by atoms with E-state index in [9.17, 15) is 14.4 Å². The van der Waals surface area contributed by atoms with Crippen LogP contribution < -0.4 is 20.3 Å². The van der Waals surface area contributed by atoms with Crippen LogP contribution in [-0.2, 0) is 22.6 Å². The monoisotopic (exact) mass is 571 g/mol. The molecule has 2 aliphatic heterocycles. The lowest BCUT2D eigenvalue weighted by molar-refractivity contribution is -0.130. The van der Waals surface area contributed by atoms with Crippen LogP contribution in [0, 0.1) is 0 Å². The molecule has 0 unspecified atom stereocenters. The van der Waals surface area contributed by atoms with E-state index in [0.717, 1.165) is 35.7 Å². The van der Waals surface area contributed by atoms with Crippen molar-refractivity contribution in [3.05, 3.63) is 89.5 Å². The van der Waals surface area contributed by atoms with E-state index >= 15 is 0 Å². The van der Waals surface area contributed by atoms with E-state index in [1.807, 2.05) is 70.5 Å². The van der Waals surface area contributed by atoms with Gasteiger partial charge in [0.25, 0.3) is 5.91 Å². The van der Waals surface area contributed by atoms with Crippen molar-refractivity contribution >= 4 is 29.3 Å². The summed E-state index contributed by atoms with van der Waals surface area (Å²) in [6.07, 6.45) is -0.271. The van der Waals surface area contributed by atoms with E-state index in [-0.39, 0.29) is 18.4 Å². The number of rotatable bonds is 8. The summed E-state index contributed by atoms with van der Waals surface area (Å²) in [5, 5.41) is 6.14. The number of methoxy groups -OCH3 is 1. The summed E-state index contributed by atoms with van der Waals surface area (Å²) < 4.78 is 10.7. The zero-order valence-corrected chi connectivity index (χ0v) is 23.9. The Morgan fingerprint density at radius 1 is 0.810 bits per heavy atom. The predicted octanol–water partition coefficient (Wildman–Crippen LogP) is 3.38. The normalized spacial score (nSPS) is 15.2. The van der Waals surface area contributed by atoms with Gasteiger partial charge in [0.05, 0.1) is 24.9 Å². The topological polar surface area (TPSA) is 103 Å². The highest BCUT2D eigenvalue weighted by molar-refractivity contribution is 5.98. The Hall–Kier alpha value is -4.57. The molecule has 42 heavy (non-hydrogen) atoms. The minimum absolute atomic E-state index is 0.0691. The lowest BCUT2D eigenvalue weighted by atomic mass is 10.1. The zero-order chi connectivity index (χ0) is 29.3. The van der Waals surface area contributed by atoms with Crippen LogP contribution in [0.3, 0.4) is 0 Å². The van der Waals surface area contributed by atoms with Crippen LogP contribution in [-0.4, -0.2) is 87.2 Å². The third-order valence-electron chi connectivity index (χ3n) is 7.58. The van der Waals surface area contributed by atoms with Gasteiger partial charge in [-0.2, -0.15) is 0 Å². The number of hydrogen-bond donors (Lipinski definition) is 2. The second kappa shape index (κ2) is 13.9. The number of amides is 3. The summed E-state index contributed by atoms with van der Waals surface area (Å²) in [4.78, 5) is 44.9. The molecule has 0 aliphatic carbocycles. The van der Waals surface area contributed by atoms with Crippen LogP contribution in [0.25, 0.3) is 0 Å². The molecule has 0 aromatic heterocycles. The molecule has 2 aliphatic rings. The van der Waals surface area contributed by atoms with Crippen molar-refractivity contribution in [2.45, 2.75) is 13.0 Å². The molecule has 0 saturated carbocycles. The van der Waals surface area contributed by atoms with Crippen LogP contribution in [0.4, 0.5) is 16.2 Å². The fourth-order valence-corrected chi connectivity index (χ4v) is 5.19. The first-order valence-corrected chi connectivity index (χ1v) is 14.3. The first-order valence-electron chi connectivity index (χ1n) is 14.3. The van der Waals surface area contributed by atoms with Gasteiger partial charge in [-0.1, -0.05) is 42.5 Å². The van der Waals surface area contributed by atoms with Crippen molar-refractivity contribution in [3.8, 4) is 5.75 Å². The summed E-state index contributed by atoms with van der Waals surface area (Å²) in [7, 11) is 1.62. The van der Waals surface area contributed by atoms with E-state index in [1.54, 1.807) is 19.2 Å². The average Bonchev–Trinajstić information content (AvgIpc) is 3.05. The van der Waals surface area contributed by atoms with E-state index in [0.29, 0.717) is 56.9 Å². The van der Waals surface area contributed by atoms with Gasteiger partial charge in [-0.05, 0) is 41.5 Å². The van der Waals surface area contributed by atoms with Gasteiger partial charge < -0.3 is 29.5 Å². The molecule has 3 aromatic carbocycles. The fraction of sp³-hybridized carbons (Fsp3) is 0.344. The first-order chi connectivity index (χ1) is 20.5. The van der Waals surface area contributed by atoms with Gasteiger partial charge in [-0.3, -0.25) is 14.9 Å². The minimum Gasteiger partial charge on any atom is -0.497 e. The number of hydrogen-bond acceptors (Lipinski definition) is 7. The first kappa shape index (κ1) is 28.9. The zero-order valence-electron chi connectivity index (χ0n) is 23.9. The predicted molar refractivity (Wildman–Crippen MR) is 161 cm³/mol. The Bertz CT molecular complexity index is 1370. The van der Waals surface area contributed by atoms with Gasteiger partial charge in [0.15, 0.2) is 0 Å².